The van der Waals surface area contributed by atoms with Gasteiger partial charge in [-0.3, -0.25) is 4.79 Å². The Morgan fingerprint density at radius 1 is 0.868 bits per heavy atom. The van der Waals surface area contributed by atoms with Gasteiger partial charge in [-0.2, -0.15) is 5.26 Å². The summed E-state index contributed by atoms with van der Waals surface area (Å²) < 4.78 is 16.6. The van der Waals surface area contributed by atoms with Crippen molar-refractivity contribution in [2.45, 2.75) is 51.8 Å². The minimum atomic E-state index is -0.706. The van der Waals surface area contributed by atoms with Crippen molar-refractivity contribution in [1.82, 2.24) is 0 Å². The molecule has 7 heteroatoms. The number of halogens is 1. The highest BCUT2D eigenvalue weighted by Crippen LogP contribution is 2.26. The predicted molar refractivity (Wildman–Crippen MR) is 148 cm³/mol. The quantitative estimate of drug-likeness (QED) is 0.103. The minimum Gasteiger partial charge on any atom is -0.492 e. The number of carbonyl (C=O) groups is 2. The molecule has 0 heterocycles. The molecule has 0 saturated heterocycles. The zero-order valence-corrected chi connectivity index (χ0v) is 22.7. The fraction of sp³-hybridized carbons (Fsp3) is 0.323. The summed E-state index contributed by atoms with van der Waals surface area (Å²) in [4.78, 5) is 24.7. The van der Waals surface area contributed by atoms with E-state index in [-0.39, 0.29) is 11.5 Å². The van der Waals surface area contributed by atoms with E-state index in [9.17, 15) is 14.9 Å². The number of rotatable bonds is 12. The van der Waals surface area contributed by atoms with Crippen molar-refractivity contribution in [2.24, 2.45) is 5.92 Å². The number of nitrogens with zero attached hydrogens (tertiary/aromatic N) is 1. The van der Waals surface area contributed by atoms with Crippen molar-refractivity contribution >= 4 is 23.5 Å². The topological polar surface area (TPSA) is 85.6 Å². The van der Waals surface area contributed by atoms with E-state index in [2.05, 4.69) is 13.0 Å². The van der Waals surface area contributed by atoms with E-state index in [4.69, 9.17) is 25.8 Å². The summed E-state index contributed by atoms with van der Waals surface area (Å²) in [6, 6.07) is 20.9. The van der Waals surface area contributed by atoms with E-state index in [1.165, 1.54) is 6.07 Å². The summed E-state index contributed by atoms with van der Waals surface area (Å²) in [6.45, 7) is 6.39. The normalized spacial score (nSPS) is 11.5. The van der Waals surface area contributed by atoms with Crippen molar-refractivity contribution in [3.63, 3.8) is 0 Å². The molecule has 0 saturated carbocycles. The Labute approximate surface area is 229 Å². The van der Waals surface area contributed by atoms with E-state index >= 15 is 0 Å². The molecule has 0 aliphatic rings. The monoisotopic (exact) mass is 533 g/mol. The van der Waals surface area contributed by atoms with Crippen molar-refractivity contribution in [3.8, 4) is 34.4 Å². The number of unbranched alkanes of at least 4 members (excludes halogenated alkanes) is 3. The molecule has 0 spiro atoms. The molecule has 1 atom stereocenters. The van der Waals surface area contributed by atoms with Gasteiger partial charge >= 0.3 is 11.9 Å². The Kier molecular flexibility index (Phi) is 10.7. The van der Waals surface area contributed by atoms with E-state index < -0.39 is 17.3 Å². The SMILES string of the molecule is CCCCCCOc1ccc(C(=O)Oc2ccc(-c3ccc(OC(=O)C(Cl)C(C)C)cc3)cc2)cc1C#N. The highest BCUT2D eigenvalue weighted by molar-refractivity contribution is 6.30. The third-order valence-electron chi connectivity index (χ3n) is 5.87. The van der Waals surface area contributed by atoms with Gasteiger partial charge in [0.2, 0.25) is 0 Å². The lowest BCUT2D eigenvalue weighted by atomic mass is 10.1. The summed E-state index contributed by atoms with van der Waals surface area (Å²) >= 11 is 6.06. The molecular weight excluding hydrogens is 502 g/mol. The Morgan fingerprint density at radius 3 is 2.03 bits per heavy atom. The number of hydrogen-bond donors (Lipinski definition) is 0. The molecule has 3 rings (SSSR count). The molecule has 0 fully saturated rings. The van der Waals surface area contributed by atoms with Crippen molar-refractivity contribution in [1.29, 1.82) is 5.26 Å². The van der Waals surface area contributed by atoms with Gasteiger partial charge in [-0.1, -0.05) is 64.3 Å². The molecule has 6 nitrogen and oxygen atoms in total. The summed E-state index contributed by atoms with van der Waals surface area (Å²) in [6.07, 6.45) is 4.29. The molecule has 0 radical (unpaired) electrons. The van der Waals surface area contributed by atoms with Gasteiger partial charge in [0, 0.05) is 0 Å². The number of hydrogen-bond acceptors (Lipinski definition) is 6. The van der Waals surface area contributed by atoms with Gasteiger partial charge in [0.1, 0.15) is 28.7 Å². The van der Waals surface area contributed by atoms with Crippen molar-refractivity contribution in [3.05, 3.63) is 77.9 Å². The van der Waals surface area contributed by atoms with Crippen LogP contribution in [0.15, 0.2) is 66.7 Å². The molecule has 0 aliphatic heterocycles. The van der Waals surface area contributed by atoms with Crippen LogP contribution in [0.5, 0.6) is 17.2 Å². The smallest absolute Gasteiger partial charge is 0.343 e. The molecule has 0 amide bonds. The highest BCUT2D eigenvalue weighted by Gasteiger charge is 2.21. The van der Waals surface area contributed by atoms with Crippen LogP contribution in [0.3, 0.4) is 0 Å². The zero-order valence-electron chi connectivity index (χ0n) is 21.9. The molecule has 3 aromatic carbocycles. The Morgan fingerprint density at radius 2 is 1.47 bits per heavy atom. The highest BCUT2D eigenvalue weighted by atomic mass is 35.5. The van der Waals surface area contributed by atoms with Crippen LogP contribution in [0.4, 0.5) is 0 Å². The van der Waals surface area contributed by atoms with Crippen molar-refractivity contribution in [2.75, 3.05) is 6.61 Å². The third kappa shape index (κ3) is 8.09. The molecule has 0 N–H and O–H groups in total. The Hall–Kier alpha value is -3.82. The maximum absolute atomic E-state index is 12.7. The summed E-state index contributed by atoms with van der Waals surface area (Å²) in [5.74, 6) is 0.193. The van der Waals surface area contributed by atoms with E-state index in [1.54, 1.807) is 36.4 Å². The number of benzene rings is 3. The third-order valence-corrected chi connectivity index (χ3v) is 6.55. The predicted octanol–water partition coefficient (Wildman–Crippen LogP) is 7.57. The van der Waals surface area contributed by atoms with Crippen molar-refractivity contribution < 1.29 is 23.8 Å². The van der Waals surface area contributed by atoms with Crippen LogP contribution < -0.4 is 14.2 Å². The molecule has 1 unspecified atom stereocenters. The van der Waals surface area contributed by atoms with Gasteiger partial charge in [-0.25, -0.2) is 4.79 Å². The van der Waals surface area contributed by atoms with Crippen LogP contribution in [0.2, 0.25) is 0 Å². The van der Waals surface area contributed by atoms with Crippen LogP contribution in [-0.4, -0.2) is 23.9 Å². The van der Waals surface area contributed by atoms with Gasteiger partial charge in [-0.15, -0.1) is 11.6 Å². The fourth-order valence-corrected chi connectivity index (χ4v) is 3.67. The van der Waals surface area contributed by atoms with Crippen LogP contribution in [0.25, 0.3) is 11.1 Å². The Bertz CT molecular complexity index is 1260. The van der Waals surface area contributed by atoms with Crippen LogP contribution >= 0.6 is 11.6 Å². The fourth-order valence-electron chi connectivity index (χ4n) is 3.62. The van der Waals surface area contributed by atoms with Crippen LogP contribution in [0.1, 0.15) is 62.4 Å². The average Bonchev–Trinajstić information content (AvgIpc) is 2.93. The van der Waals surface area contributed by atoms with Gasteiger partial charge < -0.3 is 14.2 Å². The first-order valence-corrected chi connectivity index (χ1v) is 13.2. The second-order valence-corrected chi connectivity index (χ2v) is 9.71. The lowest BCUT2D eigenvalue weighted by Gasteiger charge is -2.12. The molecule has 38 heavy (non-hydrogen) atoms. The summed E-state index contributed by atoms with van der Waals surface area (Å²) in [5.41, 5.74) is 2.36. The lowest BCUT2D eigenvalue weighted by Crippen LogP contribution is -2.25. The van der Waals surface area contributed by atoms with Gasteiger partial charge in [0.05, 0.1) is 17.7 Å². The molecule has 0 bridgehead atoms. The standard InChI is InChI=1S/C31H32ClNO5/c1-4-5-6-7-18-36-28-17-12-24(19-25(28)20-33)30(34)37-26-13-8-22(9-14-26)23-10-15-27(16-11-23)38-31(35)29(32)21(2)3/h8-17,19,21,29H,4-7,18H2,1-3H3. The second kappa shape index (κ2) is 14.2. The first-order valence-electron chi connectivity index (χ1n) is 12.8. The summed E-state index contributed by atoms with van der Waals surface area (Å²) in [5, 5.41) is 8.78. The molecular formula is C31H32ClNO5. The lowest BCUT2D eigenvalue weighted by molar-refractivity contribution is -0.134. The molecule has 198 valence electrons. The zero-order chi connectivity index (χ0) is 27.5. The second-order valence-electron chi connectivity index (χ2n) is 9.24. The van der Waals surface area contributed by atoms with E-state index in [0.29, 0.717) is 29.4 Å². The average molecular weight is 534 g/mol. The largest absolute Gasteiger partial charge is 0.492 e. The Balaban J connectivity index is 1.59. The minimum absolute atomic E-state index is 0.0251. The number of alkyl halides is 1. The number of ether oxygens (including phenoxy) is 3. The number of carbonyl (C=O) groups excluding carboxylic acids is 2. The number of esters is 2. The molecule has 3 aromatic rings. The van der Waals surface area contributed by atoms with Gasteiger partial charge in [0.15, 0.2) is 0 Å². The van der Waals surface area contributed by atoms with E-state index in [1.807, 2.05) is 38.1 Å². The van der Waals surface area contributed by atoms with Gasteiger partial charge in [0.25, 0.3) is 0 Å². The first-order chi connectivity index (χ1) is 18.3. The first kappa shape index (κ1) is 28.7. The number of nitriles is 1. The van der Waals surface area contributed by atoms with E-state index in [0.717, 1.165) is 36.8 Å². The van der Waals surface area contributed by atoms with Gasteiger partial charge in [-0.05, 0) is 65.9 Å². The maximum atomic E-state index is 12.7. The summed E-state index contributed by atoms with van der Waals surface area (Å²) in [7, 11) is 0. The van der Waals surface area contributed by atoms with Crippen LogP contribution in [0, 0.1) is 17.2 Å². The molecule has 0 aliphatic carbocycles. The maximum Gasteiger partial charge on any atom is 0.343 e. The molecule has 0 aromatic heterocycles. The van der Waals surface area contributed by atoms with Crippen LogP contribution in [-0.2, 0) is 4.79 Å².